The number of carbonyl (C=O) groups is 1. The lowest BCUT2D eigenvalue weighted by Gasteiger charge is -2.28. The molecular weight excluding hydrogens is 324 g/mol. The van der Waals surface area contributed by atoms with Gasteiger partial charge in [0.05, 0.1) is 5.56 Å². The Morgan fingerprint density at radius 1 is 0.962 bits per heavy atom. The number of fused-ring (bicyclic) bond motifs is 1. The maximum atomic E-state index is 12.8. The number of carbonyl (C=O) groups excluding carboxylic acids is 1. The third kappa shape index (κ3) is 3.16. The molecule has 2 aromatic carbocycles. The molecule has 1 amide bonds. The second kappa shape index (κ2) is 6.96. The zero-order valence-electron chi connectivity index (χ0n) is 14.7. The Morgan fingerprint density at radius 3 is 2.35 bits per heavy atom. The molecule has 0 bridgehead atoms. The predicted molar refractivity (Wildman–Crippen MR) is 101 cm³/mol. The summed E-state index contributed by atoms with van der Waals surface area (Å²) in [6.07, 6.45) is 4.12. The minimum Gasteiger partial charge on any atom is -0.334 e. The number of hydrogen-bond donors (Lipinski definition) is 0. The normalized spacial score (nSPS) is 13.2. The maximum absolute atomic E-state index is 12.8. The summed E-state index contributed by atoms with van der Waals surface area (Å²) < 4.78 is 0. The first kappa shape index (κ1) is 16.3. The van der Waals surface area contributed by atoms with Gasteiger partial charge in [0.2, 0.25) is 5.95 Å². The lowest BCUT2D eigenvalue weighted by atomic mass is 9.99. The highest BCUT2D eigenvalue weighted by Crippen LogP contribution is 2.21. The molecule has 3 aromatic rings. The van der Waals surface area contributed by atoms with Gasteiger partial charge in [0, 0.05) is 38.2 Å². The molecule has 0 N–H and O–H groups in total. The molecule has 0 spiro atoms. The van der Waals surface area contributed by atoms with E-state index in [0.717, 1.165) is 18.7 Å². The van der Waals surface area contributed by atoms with E-state index in [0.29, 0.717) is 18.1 Å². The molecule has 0 aliphatic carbocycles. The summed E-state index contributed by atoms with van der Waals surface area (Å²) in [4.78, 5) is 25.3. The van der Waals surface area contributed by atoms with E-state index in [1.54, 1.807) is 12.4 Å². The quantitative estimate of drug-likeness (QED) is 0.730. The molecular formula is C21H20N4O. The van der Waals surface area contributed by atoms with Crippen molar-refractivity contribution in [3.63, 3.8) is 0 Å². The zero-order valence-corrected chi connectivity index (χ0v) is 14.7. The van der Waals surface area contributed by atoms with Crippen LogP contribution in [0.15, 0.2) is 67.0 Å². The number of benzene rings is 2. The van der Waals surface area contributed by atoms with Gasteiger partial charge in [-0.05, 0) is 29.7 Å². The third-order valence-corrected chi connectivity index (χ3v) is 4.75. The number of aromatic nitrogens is 2. The molecule has 1 aromatic heterocycles. The number of amides is 1. The summed E-state index contributed by atoms with van der Waals surface area (Å²) in [6.45, 7) is 1.36. The summed E-state index contributed by atoms with van der Waals surface area (Å²) in [6, 6.07) is 18.2. The van der Waals surface area contributed by atoms with Gasteiger partial charge in [-0.25, -0.2) is 9.97 Å². The molecule has 0 fully saturated rings. The Labute approximate surface area is 152 Å². The SMILES string of the molecule is CN(c1ccccc1)c1ncc(C(=O)N2CCc3ccccc3C2)cn1. The van der Waals surface area contributed by atoms with Crippen LogP contribution in [-0.2, 0) is 13.0 Å². The topological polar surface area (TPSA) is 49.3 Å². The number of hydrogen-bond acceptors (Lipinski definition) is 4. The lowest BCUT2D eigenvalue weighted by molar-refractivity contribution is 0.0734. The van der Waals surface area contributed by atoms with Crippen LogP contribution >= 0.6 is 0 Å². The van der Waals surface area contributed by atoms with E-state index in [1.807, 2.05) is 59.3 Å². The predicted octanol–water partition coefficient (Wildman–Crippen LogP) is 3.44. The second-order valence-electron chi connectivity index (χ2n) is 6.41. The van der Waals surface area contributed by atoms with E-state index >= 15 is 0 Å². The fraction of sp³-hybridized carbons (Fsp3) is 0.190. The Kier molecular flexibility index (Phi) is 4.35. The van der Waals surface area contributed by atoms with Crippen molar-refractivity contribution in [2.45, 2.75) is 13.0 Å². The van der Waals surface area contributed by atoms with Crippen LogP contribution in [0, 0.1) is 0 Å². The van der Waals surface area contributed by atoms with Crippen molar-refractivity contribution < 1.29 is 4.79 Å². The summed E-state index contributed by atoms with van der Waals surface area (Å²) in [5, 5.41) is 0. The van der Waals surface area contributed by atoms with Crippen LogP contribution in [0.2, 0.25) is 0 Å². The first-order chi connectivity index (χ1) is 12.7. The molecule has 0 saturated carbocycles. The summed E-state index contributed by atoms with van der Waals surface area (Å²) in [5.74, 6) is 0.546. The van der Waals surface area contributed by atoms with Gasteiger partial charge < -0.3 is 9.80 Å². The van der Waals surface area contributed by atoms with Crippen LogP contribution in [-0.4, -0.2) is 34.4 Å². The summed E-state index contributed by atoms with van der Waals surface area (Å²) in [5.41, 5.74) is 4.06. The highest BCUT2D eigenvalue weighted by Gasteiger charge is 2.22. The number of rotatable bonds is 3. The van der Waals surface area contributed by atoms with Crippen molar-refractivity contribution in [2.24, 2.45) is 0 Å². The van der Waals surface area contributed by atoms with Crippen molar-refractivity contribution >= 4 is 17.5 Å². The summed E-state index contributed by atoms with van der Waals surface area (Å²) in [7, 11) is 1.91. The molecule has 5 heteroatoms. The molecule has 1 aliphatic rings. The van der Waals surface area contributed by atoms with Crippen LogP contribution < -0.4 is 4.90 Å². The van der Waals surface area contributed by atoms with Gasteiger partial charge in [0.15, 0.2) is 0 Å². The van der Waals surface area contributed by atoms with E-state index < -0.39 is 0 Å². The van der Waals surface area contributed by atoms with E-state index in [9.17, 15) is 4.79 Å². The lowest BCUT2D eigenvalue weighted by Crippen LogP contribution is -2.36. The molecule has 0 unspecified atom stereocenters. The first-order valence-corrected chi connectivity index (χ1v) is 8.69. The fourth-order valence-corrected chi connectivity index (χ4v) is 3.22. The van der Waals surface area contributed by atoms with Gasteiger partial charge in [0.25, 0.3) is 5.91 Å². The molecule has 130 valence electrons. The Balaban J connectivity index is 1.50. The van der Waals surface area contributed by atoms with Crippen LogP contribution in [0.25, 0.3) is 0 Å². The minimum absolute atomic E-state index is 0.0200. The standard InChI is InChI=1S/C21H20N4O/c1-24(19-9-3-2-4-10-19)21-22-13-18(14-23-21)20(26)25-12-11-16-7-5-6-8-17(16)15-25/h2-10,13-14H,11-12,15H2,1H3. The van der Waals surface area contributed by atoms with Crippen molar-refractivity contribution in [3.05, 3.63) is 83.7 Å². The Morgan fingerprint density at radius 2 is 1.62 bits per heavy atom. The number of anilines is 2. The minimum atomic E-state index is -0.0200. The van der Waals surface area contributed by atoms with Crippen LogP contribution in [0.4, 0.5) is 11.6 Å². The van der Waals surface area contributed by atoms with Gasteiger partial charge >= 0.3 is 0 Å². The second-order valence-corrected chi connectivity index (χ2v) is 6.41. The summed E-state index contributed by atoms with van der Waals surface area (Å²) >= 11 is 0. The Bertz CT molecular complexity index is 909. The third-order valence-electron chi connectivity index (χ3n) is 4.75. The highest BCUT2D eigenvalue weighted by molar-refractivity contribution is 5.93. The average molecular weight is 344 g/mol. The van der Waals surface area contributed by atoms with Gasteiger partial charge in [-0.2, -0.15) is 0 Å². The molecule has 0 radical (unpaired) electrons. The monoisotopic (exact) mass is 344 g/mol. The average Bonchev–Trinajstić information content (AvgIpc) is 2.73. The van der Waals surface area contributed by atoms with E-state index in [2.05, 4.69) is 22.1 Å². The maximum Gasteiger partial charge on any atom is 0.257 e. The van der Waals surface area contributed by atoms with E-state index in [1.165, 1.54) is 11.1 Å². The molecule has 1 aliphatic heterocycles. The molecule has 5 nitrogen and oxygen atoms in total. The highest BCUT2D eigenvalue weighted by atomic mass is 16.2. The van der Waals surface area contributed by atoms with Crippen molar-refractivity contribution in [1.82, 2.24) is 14.9 Å². The molecule has 2 heterocycles. The van der Waals surface area contributed by atoms with Gasteiger partial charge in [-0.15, -0.1) is 0 Å². The first-order valence-electron chi connectivity index (χ1n) is 8.69. The Hall–Kier alpha value is -3.21. The number of para-hydroxylation sites is 1. The van der Waals surface area contributed by atoms with Crippen molar-refractivity contribution in [2.75, 3.05) is 18.5 Å². The smallest absolute Gasteiger partial charge is 0.257 e. The molecule has 0 saturated heterocycles. The molecule has 26 heavy (non-hydrogen) atoms. The van der Waals surface area contributed by atoms with Gasteiger partial charge in [-0.1, -0.05) is 42.5 Å². The van der Waals surface area contributed by atoms with Gasteiger partial charge in [0.1, 0.15) is 0 Å². The fourth-order valence-electron chi connectivity index (χ4n) is 3.22. The van der Waals surface area contributed by atoms with Crippen LogP contribution in [0.1, 0.15) is 21.5 Å². The number of nitrogens with zero attached hydrogens (tertiary/aromatic N) is 4. The van der Waals surface area contributed by atoms with Crippen molar-refractivity contribution in [1.29, 1.82) is 0 Å². The van der Waals surface area contributed by atoms with Gasteiger partial charge in [-0.3, -0.25) is 4.79 Å². The zero-order chi connectivity index (χ0) is 17.9. The molecule has 4 rings (SSSR count). The van der Waals surface area contributed by atoms with Crippen LogP contribution in [0.5, 0.6) is 0 Å². The van der Waals surface area contributed by atoms with Crippen LogP contribution in [0.3, 0.4) is 0 Å². The molecule has 0 atom stereocenters. The van der Waals surface area contributed by atoms with Crippen molar-refractivity contribution in [3.8, 4) is 0 Å². The van der Waals surface area contributed by atoms with E-state index in [-0.39, 0.29) is 5.91 Å². The largest absolute Gasteiger partial charge is 0.334 e. The van der Waals surface area contributed by atoms with E-state index in [4.69, 9.17) is 0 Å².